The molecular weight excluding hydrogens is 450 g/mol. The van der Waals surface area contributed by atoms with E-state index in [1.807, 2.05) is 0 Å². The molecule has 0 aliphatic heterocycles. The molecule has 0 spiro atoms. The maximum absolute atomic E-state index is 12.4. The summed E-state index contributed by atoms with van der Waals surface area (Å²) in [4.78, 5) is 49.7. The van der Waals surface area contributed by atoms with Crippen LogP contribution in [0.3, 0.4) is 0 Å². The quantitative estimate of drug-likeness (QED) is 0.192. The topological polar surface area (TPSA) is 175 Å². The lowest BCUT2D eigenvalue weighted by molar-refractivity contribution is -0.116. The average Bonchev–Trinajstić information content (AvgIpc) is 3.37. The van der Waals surface area contributed by atoms with Gasteiger partial charge in [0.25, 0.3) is 5.91 Å². The number of amidine groups is 1. The van der Waals surface area contributed by atoms with E-state index in [1.54, 1.807) is 38.1 Å². The van der Waals surface area contributed by atoms with Gasteiger partial charge in [0, 0.05) is 31.0 Å². The van der Waals surface area contributed by atoms with Gasteiger partial charge >= 0.3 is 5.97 Å². The van der Waals surface area contributed by atoms with E-state index in [1.165, 1.54) is 6.92 Å². The van der Waals surface area contributed by atoms with Crippen molar-refractivity contribution in [1.82, 2.24) is 20.4 Å². The predicted octanol–water partition coefficient (Wildman–Crippen LogP) is 2.02. The number of rotatable bonds is 8. The first-order valence-electron chi connectivity index (χ1n) is 9.70. The fourth-order valence-corrected chi connectivity index (χ4v) is 3.44. The highest BCUT2D eigenvalue weighted by Gasteiger charge is 2.18. The van der Waals surface area contributed by atoms with E-state index < -0.39 is 5.97 Å². The van der Waals surface area contributed by atoms with Gasteiger partial charge in [0.1, 0.15) is 10.7 Å². The molecule has 0 saturated heterocycles. The predicted molar refractivity (Wildman–Crippen MR) is 120 cm³/mol. The van der Waals surface area contributed by atoms with Gasteiger partial charge in [-0.2, -0.15) is 4.98 Å². The fourth-order valence-electron chi connectivity index (χ4n) is 2.58. The minimum absolute atomic E-state index is 0.00450. The maximum Gasteiger partial charge on any atom is 0.377 e. The zero-order valence-corrected chi connectivity index (χ0v) is 18.9. The van der Waals surface area contributed by atoms with Gasteiger partial charge in [-0.05, 0) is 26.0 Å². The molecule has 0 aliphatic rings. The van der Waals surface area contributed by atoms with Crippen molar-refractivity contribution in [2.45, 2.75) is 27.2 Å². The Kier molecular flexibility index (Phi) is 7.46. The first-order chi connectivity index (χ1) is 15.7. The van der Waals surface area contributed by atoms with Crippen molar-refractivity contribution in [3.8, 4) is 11.4 Å². The molecule has 2 amide bonds. The highest BCUT2D eigenvalue weighted by molar-refractivity contribution is 7.17. The second kappa shape index (κ2) is 10.5. The van der Waals surface area contributed by atoms with Gasteiger partial charge in [0.2, 0.25) is 17.6 Å². The van der Waals surface area contributed by atoms with Crippen LogP contribution in [0.5, 0.6) is 0 Å². The number of carbonyl (C=O) groups is 3. The number of carbonyl (C=O) groups excluding carboxylic acids is 3. The zero-order valence-electron chi connectivity index (χ0n) is 18.0. The summed E-state index contributed by atoms with van der Waals surface area (Å²) in [6, 6.07) is 6.74. The van der Waals surface area contributed by atoms with E-state index in [0.29, 0.717) is 28.5 Å². The van der Waals surface area contributed by atoms with E-state index in [9.17, 15) is 14.4 Å². The lowest BCUT2D eigenvalue weighted by atomic mass is 10.1. The molecule has 3 rings (SSSR count). The highest BCUT2D eigenvalue weighted by Crippen LogP contribution is 2.23. The Morgan fingerprint density at radius 2 is 2.03 bits per heavy atom. The monoisotopic (exact) mass is 471 g/mol. The Bertz CT molecular complexity index is 1210. The third-order valence-electron chi connectivity index (χ3n) is 4.05. The Hall–Kier alpha value is -4.13. The standard InChI is InChI=1S/C20H21N7O5S/c1-10-16(19(30)32-26-11(2)21)33-20(23-10)25-15(28)7-8-22-18(29)14-6-4-5-13(9-14)17-24-12(3)31-27-17/h4-6,9H,7-8H2,1-3H3,(H2,21,26)(H,22,29)(H,23,25,28). The molecule has 0 bridgehead atoms. The number of hydrogen-bond donors (Lipinski definition) is 3. The highest BCUT2D eigenvalue weighted by atomic mass is 32.1. The average molecular weight is 471 g/mol. The summed E-state index contributed by atoms with van der Waals surface area (Å²) in [6.45, 7) is 4.85. The minimum atomic E-state index is -0.722. The number of anilines is 1. The third kappa shape index (κ3) is 6.43. The molecule has 2 heterocycles. The first-order valence-corrected chi connectivity index (χ1v) is 10.5. The summed E-state index contributed by atoms with van der Waals surface area (Å²) in [5, 5.41) is 12.7. The normalized spacial score (nSPS) is 11.2. The van der Waals surface area contributed by atoms with Crippen molar-refractivity contribution < 1.29 is 23.7 Å². The molecule has 0 saturated carbocycles. The molecular formula is C20H21N7O5S. The molecule has 2 aromatic heterocycles. The fraction of sp³-hybridized carbons (Fsp3) is 0.250. The molecule has 13 heteroatoms. The summed E-state index contributed by atoms with van der Waals surface area (Å²) < 4.78 is 4.96. The van der Waals surface area contributed by atoms with Crippen LogP contribution in [0.2, 0.25) is 0 Å². The van der Waals surface area contributed by atoms with Crippen molar-refractivity contribution in [2.24, 2.45) is 10.9 Å². The summed E-state index contributed by atoms with van der Waals surface area (Å²) in [7, 11) is 0. The Balaban J connectivity index is 1.51. The van der Waals surface area contributed by atoms with E-state index in [2.05, 4.69) is 35.8 Å². The van der Waals surface area contributed by atoms with Gasteiger partial charge in [0.15, 0.2) is 5.13 Å². The number of benzene rings is 1. The SMILES string of the molecule is C/C(N)=N/OC(=O)c1sc(NC(=O)CCNC(=O)c2cccc(-c3noc(C)n3)c2)nc1C. The van der Waals surface area contributed by atoms with Gasteiger partial charge in [-0.3, -0.25) is 9.59 Å². The Morgan fingerprint density at radius 3 is 2.73 bits per heavy atom. The lowest BCUT2D eigenvalue weighted by Gasteiger charge is -2.06. The van der Waals surface area contributed by atoms with Crippen LogP contribution in [0.25, 0.3) is 11.4 Å². The molecule has 4 N–H and O–H groups in total. The zero-order chi connectivity index (χ0) is 24.0. The Labute approximate surface area is 192 Å². The summed E-state index contributed by atoms with van der Waals surface area (Å²) >= 11 is 0.951. The molecule has 3 aromatic rings. The van der Waals surface area contributed by atoms with E-state index >= 15 is 0 Å². The van der Waals surface area contributed by atoms with Gasteiger partial charge in [0.05, 0.1) is 5.69 Å². The van der Waals surface area contributed by atoms with Crippen LogP contribution < -0.4 is 16.4 Å². The van der Waals surface area contributed by atoms with Crippen molar-refractivity contribution in [1.29, 1.82) is 0 Å². The summed E-state index contributed by atoms with van der Waals surface area (Å²) in [6.07, 6.45) is 0.00450. The van der Waals surface area contributed by atoms with Crippen LogP contribution in [-0.4, -0.2) is 45.3 Å². The van der Waals surface area contributed by atoms with Crippen molar-refractivity contribution in [2.75, 3.05) is 11.9 Å². The maximum atomic E-state index is 12.4. The molecule has 172 valence electrons. The number of nitrogens with two attached hydrogens (primary N) is 1. The molecule has 0 radical (unpaired) electrons. The van der Waals surface area contributed by atoms with Gasteiger partial charge in [-0.25, -0.2) is 9.78 Å². The summed E-state index contributed by atoms with van der Waals surface area (Å²) in [5.41, 5.74) is 6.75. The largest absolute Gasteiger partial charge is 0.385 e. The van der Waals surface area contributed by atoms with Crippen LogP contribution in [0.4, 0.5) is 5.13 Å². The minimum Gasteiger partial charge on any atom is -0.385 e. The third-order valence-corrected chi connectivity index (χ3v) is 5.10. The molecule has 0 fully saturated rings. The number of aromatic nitrogens is 3. The van der Waals surface area contributed by atoms with Crippen LogP contribution >= 0.6 is 11.3 Å². The van der Waals surface area contributed by atoms with E-state index in [0.717, 1.165) is 11.3 Å². The molecule has 33 heavy (non-hydrogen) atoms. The number of thiazole rings is 1. The van der Waals surface area contributed by atoms with Crippen LogP contribution in [-0.2, 0) is 9.63 Å². The molecule has 0 aliphatic carbocycles. The first kappa shape index (κ1) is 23.5. The lowest BCUT2D eigenvalue weighted by Crippen LogP contribution is -2.27. The second-order valence-corrected chi connectivity index (χ2v) is 7.82. The number of hydrogen-bond acceptors (Lipinski definition) is 10. The van der Waals surface area contributed by atoms with Crippen LogP contribution in [0.1, 0.15) is 45.0 Å². The van der Waals surface area contributed by atoms with Gasteiger partial charge in [-0.1, -0.05) is 33.8 Å². The number of amides is 2. The number of nitrogens with zero attached hydrogens (tertiary/aromatic N) is 4. The number of aryl methyl sites for hydroxylation is 2. The molecule has 1 aromatic carbocycles. The summed E-state index contributed by atoms with van der Waals surface area (Å²) in [5.74, 6) is -0.553. The van der Waals surface area contributed by atoms with Gasteiger partial charge < -0.3 is 25.7 Å². The van der Waals surface area contributed by atoms with Crippen molar-refractivity contribution >= 4 is 40.1 Å². The molecule has 12 nitrogen and oxygen atoms in total. The van der Waals surface area contributed by atoms with Crippen molar-refractivity contribution in [3.05, 3.63) is 46.3 Å². The molecule has 0 atom stereocenters. The number of oxime groups is 1. The van der Waals surface area contributed by atoms with Crippen LogP contribution in [0, 0.1) is 13.8 Å². The van der Waals surface area contributed by atoms with E-state index in [-0.39, 0.29) is 40.6 Å². The smallest absolute Gasteiger partial charge is 0.377 e. The second-order valence-electron chi connectivity index (χ2n) is 6.82. The van der Waals surface area contributed by atoms with Crippen molar-refractivity contribution in [3.63, 3.8) is 0 Å². The van der Waals surface area contributed by atoms with Gasteiger partial charge in [-0.15, -0.1) is 0 Å². The Morgan fingerprint density at radius 1 is 1.24 bits per heavy atom. The number of nitrogens with one attached hydrogen (secondary N) is 2. The van der Waals surface area contributed by atoms with E-state index in [4.69, 9.17) is 10.3 Å². The molecule has 0 unspecified atom stereocenters. The van der Waals surface area contributed by atoms with Crippen LogP contribution in [0.15, 0.2) is 33.9 Å².